The summed E-state index contributed by atoms with van der Waals surface area (Å²) in [5.41, 5.74) is 12.2. The van der Waals surface area contributed by atoms with Gasteiger partial charge in [0, 0.05) is 10.8 Å². The minimum absolute atomic E-state index is 0.103. The average molecular weight is 356 g/mol. The van der Waals surface area contributed by atoms with E-state index < -0.39 is 0 Å². The van der Waals surface area contributed by atoms with Gasteiger partial charge in [-0.05, 0) is 35.1 Å². The first kappa shape index (κ1) is 16.2. The van der Waals surface area contributed by atoms with Gasteiger partial charge in [0.1, 0.15) is 0 Å². The zero-order valence-electron chi connectivity index (χ0n) is 13.9. The largest absolute Gasteiger partial charge is 0.266 e. The van der Waals surface area contributed by atoms with Crippen LogP contribution in [0.2, 0.25) is 0 Å². The van der Waals surface area contributed by atoms with Crippen LogP contribution in [0.15, 0.2) is 90.0 Å². The van der Waals surface area contributed by atoms with E-state index in [1.165, 1.54) is 0 Å². The van der Waals surface area contributed by atoms with Gasteiger partial charge in [0.25, 0.3) is 0 Å². The molecule has 0 saturated heterocycles. The highest BCUT2D eigenvalue weighted by Crippen LogP contribution is 2.35. The molecule has 0 aliphatic rings. The van der Waals surface area contributed by atoms with Gasteiger partial charge in [-0.25, -0.2) is 5.53 Å². The van der Waals surface area contributed by atoms with Gasteiger partial charge in [-0.15, -0.1) is 5.11 Å². The quantitative estimate of drug-likeness (QED) is 0.271. The third kappa shape index (κ3) is 2.89. The van der Waals surface area contributed by atoms with Gasteiger partial charge in [-0.3, -0.25) is 10.4 Å². The summed E-state index contributed by atoms with van der Waals surface area (Å²) in [6.07, 6.45) is 0. The molecule has 0 heterocycles. The molecule has 0 aliphatic heterocycles. The van der Waals surface area contributed by atoms with Crippen molar-refractivity contribution >= 4 is 50.2 Å². The lowest BCUT2D eigenvalue weighted by Gasteiger charge is -2.27. The van der Waals surface area contributed by atoms with Crippen LogP contribution in [0.3, 0.4) is 0 Å². The van der Waals surface area contributed by atoms with Gasteiger partial charge in [-0.1, -0.05) is 72.8 Å². The average Bonchev–Trinajstić information content (AvgIpc) is 2.71. The van der Waals surface area contributed by atoms with Crippen molar-refractivity contribution in [1.29, 1.82) is 5.53 Å². The zero-order valence-corrected chi connectivity index (χ0v) is 14.7. The number of nitrogens with zero attached hydrogens (tertiary/aromatic N) is 2. The molecule has 0 aromatic heterocycles. The summed E-state index contributed by atoms with van der Waals surface area (Å²) in [5, 5.41) is 9.81. The first-order valence-electron chi connectivity index (χ1n) is 8.21. The second-order valence-electron chi connectivity index (χ2n) is 5.86. The number of nitrogens with one attached hydrogen (secondary N) is 2. The van der Waals surface area contributed by atoms with E-state index in [4.69, 9.17) is 17.7 Å². The Kier molecular flexibility index (Phi) is 4.29. The van der Waals surface area contributed by atoms with Crippen LogP contribution in [0, 0.1) is 5.53 Å². The molecule has 0 aliphatic carbocycles. The van der Waals surface area contributed by atoms with E-state index in [9.17, 15) is 0 Å². The Balaban J connectivity index is 1.98. The molecule has 26 heavy (non-hydrogen) atoms. The van der Waals surface area contributed by atoms with Crippen molar-refractivity contribution in [3.05, 3.63) is 84.9 Å². The van der Waals surface area contributed by atoms with Crippen LogP contribution in [-0.2, 0) is 0 Å². The lowest BCUT2D eigenvalue weighted by Crippen LogP contribution is -2.37. The van der Waals surface area contributed by atoms with Crippen LogP contribution in [0.25, 0.3) is 21.5 Å². The molecule has 4 nitrogen and oxygen atoms in total. The van der Waals surface area contributed by atoms with E-state index in [1.807, 2.05) is 53.5 Å². The number of anilines is 2. The fraction of sp³-hybridized carbons (Fsp3) is 0. The standard InChI is InChI=1S/C21H16N4S/c22-23-21(26)24-25(19-13-5-9-15-7-1-3-11-17(15)19)20-14-6-10-16-8-2-4-12-18(16)20/h1-14,22H,(H,24,26). The predicted octanol–water partition coefficient (Wildman–Crippen LogP) is 5.95. The Morgan fingerprint density at radius 1 is 0.731 bits per heavy atom. The lowest BCUT2D eigenvalue weighted by molar-refractivity contribution is 0.930. The minimum Gasteiger partial charge on any atom is -0.266 e. The number of fused-ring (bicyclic) bond motifs is 2. The van der Waals surface area contributed by atoms with E-state index in [0.717, 1.165) is 32.9 Å². The monoisotopic (exact) mass is 356 g/mol. The first-order chi connectivity index (χ1) is 12.8. The summed E-state index contributed by atoms with van der Waals surface area (Å²) in [6.45, 7) is 0. The third-order valence-corrected chi connectivity index (χ3v) is 4.51. The SMILES string of the molecule is N=NC(=S)NN(c1cccc2ccccc12)c1cccc2ccccc12. The molecule has 0 bridgehead atoms. The Morgan fingerprint density at radius 2 is 1.19 bits per heavy atom. The Labute approximate surface area is 156 Å². The Hall–Kier alpha value is -3.31. The number of rotatable bonds is 3. The van der Waals surface area contributed by atoms with Gasteiger partial charge >= 0.3 is 0 Å². The van der Waals surface area contributed by atoms with E-state index in [-0.39, 0.29) is 5.11 Å². The summed E-state index contributed by atoms with van der Waals surface area (Å²) in [6, 6.07) is 28.6. The molecule has 126 valence electrons. The smallest absolute Gasteiger partial charge is 0.232 e. The van der Waals surface area contributed by atoms with E-state index in [2.05, 4.69) is 46.9 Å². The van der Waals surface area contributed by atoms with Crippen molar-refractivity contribution in [2.75, 3.05) is 5.01 Å². The van der Waals surface area contributed by atoms with Gasteiger partial charge in [-0.2, -0.15) is 0 Å². The number of hydrazine groups is 1. The maximum absolute atomic E-state index is 7.25. The molecule has 0 atom stereocenters. The van der Waals surface area contributed by atoms with Gasteiger partial charge in [0.05, 0.1) is 11.4 Å². The second-order valence-corrected chi connectivity index (χ2v) is 6.25. The molecule has 0 amide bonds. The van der Waals surface area contributed by atoms with Crippen molar-refractivity contribution in [1.82, 2.24) is 5.43 Å². The summed E-state index contributed by atoms with van der Waals surface area (Å²) >= 11 is 5.17. The van der Waals surface area contributed by atoms with Crippen LogP contribution in [0.5, 0.6) is 0 Å². The van der Waals surface area contributed by atoms with Crippen molar-refractivity contribution in [3.63, 3.8) is 0 Å². The molecule has 4 aromatic carbocycles. The molecule has 0 spiro atoms. The normalized spacial score (nSPS) is 10.6. The topological polar surface area (TPSA) is 51.5 Å². The minimum atomic E-state index is 0.103. The van der Waals surface area contributed by atoms with Crippen LogP contribution < -0.4 is 10.4 Å². The Morgan fingerprint density at radius 3 is 1.69 bits per heavy atom. The maximum atomic E-state index is 7.25. The molecule has 0 fully saturated rings. The fourth-order valence-electron chi connectivity index (χ4n) is 3.18. The van der Waals surface area contributed by atoms with Gasteiger partial charge in [0.2, 0.25) is 5.11 Å². The molecule has 0 radical (unpaired) electrons. The van der Waals surface area contributed by atoms with Crippen molar-refractivity contribution in [2.45, 2.75) is 0 Å². The molecular weight excluding hydrogens is 340 g/mol. The van der Waals surface area contributed by atoms with Gasteiger partial charge in [0.15, 0.2) is 0 Å². The van der Waals surface area contributed by atoms with Crippen LogP contribution in [0.1, 0.15) is 0 Å². The highest BCUT2D eigenvalue weighted by molar-refractivity contribution is 7.80. The lowest BCUT2D eigenvalue weighted by atomic mass is 10.1. The summed E-state index contributed by atoms with van der Waals surface area (Å²) < 4.78 is 0. The molecule has 4 rings (SSSR count). The van der Waals surface area contributed by atoms with E-state index >= 15 is 0 Å². The van der Waals surface area contributed by atoms with Gasteiger partial charge < -0.3 is 0 Å². The molecule has 5 heteroatoms. The molecule has 0 unspecified atom stereocenters. The number of hydrogen-bond acceptors (Lipinski definition) is 3. The highest BCUT2D eigenvalue weighted by atomic mass is 32.1. The first-order valence-corrected chi connectivity index (χ1v) is 8.62. The molecule has 2 N–H and O–H groups in total. The van der Waals surface area contributed by atoms with E-state index in [0.29, 0.717) is 0 Å². The maximum Gasteiger partial charge on any atom is 0.232 e. The summed E-state index contributed by atoms with van der Waals surface area (Å²) in [7, 11) is 0. The number of thiocarbonyl (C=S) groups is 1. The summed E-state index contributed by atoms with van der Waals surface area (Å²) in [4.78, 5) is 0. The summed E-state index contributed by atoms with van der Waals surface area (Å²) in [5.74, 6) is 0. The molecular formula is C21H16N4S. The van der Waals surface area contributed by atoms with Crippen LogP contribution in [-0.4, -0.2) is 5.11 Å². The zero-order chi connectivity index (χ0) is 17.9. The Bertz CT molecular complexity index is 1030. The fourth-order valence-corrected chi connectivity index (χ4v) is 3.27. The number of hydrogen-bond donors (Lipinski definition) is 2. The van der Waals surface area contributed by atoms with Crippen molar-refractivity contribution in [3.8, 4) is 0 Å². The highest BCUT2D eigenvalue weighted by Gasteiger charge is 2.16. The van der Waals surface area contributed by atoms with Crippen LogP contribution in [0.4, 0.5) is 11.4 Å². The second kappa shape index (κ2) is 6.90. The van der Waals surface area contributed by atoms with E-state index in [1.54, 1.807) is 0 Å². The predicted molar refractivity (Wildman–Crippen MR) is 111 cm³/mol. The molecule has 0 saturated carbocycles. The van der Waals surface area contributed by atoms with Crippen molar-refractivity contribution < 1.29 is 0 Å². The number of benzene rings is 4. The third-order valence-electron chi connectivity index (χ3n) is 4.32. The van der Waals surface area contributed by atoms with Crippen LogP contribution >= 0.6 is 12.2 Å². The molecule has 4 aromatic rings. The van der Waals surface area contributed by atoms with Crippen molar-refractivity contribution in [2.24, 2.45) is 5.11 Å².